The van der Waals surface area contributed by atoms with Crippen molar-refractivity contribution in [2.24, 2.45) is 0 Å². The first-order valence-electron chi connectivity index (χ1n) is 11.2. The van der Waals surface area contributed by atoms with Crippen molar-refractivity contribution in [2.45, 2.75) is 96.8 Å². The van der Waals surface area contributed by atoms with E-state index in [1.807, 2.05) is 6.07 Å². The molecule has 0 aliphatic heterocycles. The molecule has 4 heteroatoms. The van der Waals surface area contributed by atoms with E-state index in [-0.39, 0.29) is 29.6 Å². The third-order valence-corrected chi connectivity index (χ3v) is 4.86. The van der Waals surface area contributed by atoms with Crippen LogP contribution in [0.4, 0.5) is 0 Å². The summed E-state index contributed by atoms with van der Waals surface area (Å²) < 4.78 is 4.87. The van der Waals surface area contributed by atoms with Gasteiger partial charge >= 0.3 is 41.5 Å². The summed E-state index contributed by atoms with van der Waals surface area (Å²) in [6.07, 6.45) is 20.8. The predicted octanol–water partition coefficient (Wildman–Crippen LogP) is 6.76. The predicted molar refractivity (Wildman–Crippen MR) is 123 cm³/mol. The number of benzene rings is 1. The van der Waals surface area contributed by atoms with Crippen molar-refractivity contribution >= 4 is 41.5 Å². The van der Waals surface area contributed by atoms with Gasteiger partial charge in [0.15, 0.2) is 0 Å². The van der Waals surface area contributed by atoms with Gasteiger partial charge in [0.25, 0.3) is 0 Å². The van der Waals surface area contributed by atoms with Crippen molar-refractivity contribution in [3.63, 3.8) is 0 Å². The third kappa shape index (κ3) is 16.6. The summed E-state index contributed by atoms with van der Waals surface area (Å²) >= 11 is 0. The molecule has 0 N–H and O–H groups in total. The molecule has 1 aromatic carbocycles. The quantitative estimate of drug-likeness (QED) is 0.0994. The van der Waals surface area contributed by atoms with Crippen molar-refractivity contribution in [1.29, 1.82) is 0 Å². The standard InChI is InChI=1S/C25H38O3.Na.H/c1-2-3-4-5-6-7-8-9-10-11-12-13-14-15-19-22-24(26)28-25(27)23-20-17-16-18-21-23;;/h9-10,16-18,20-21H,2-8,11-15,19,22H2,1H3;;/b10-9-;;. The van der Waals surface area contributed by atoms with Gasteiger partial charge < -0.3 is 4.74 Å². The maximum absolute atomic E-state index is 11.8. The van der Waals surface area contributed by atoms with Gasteiger partial charge in [-0.25, -0.2) is 4.79 Å². The van der Waals surface area contributed by atoms with E-state index in [1.165, 1.54) is 57.8 Å². The monoisotopic (exact) mass is 410 g/mol. The van der Waals surface area contributed by atoms with Crippen molar-refractivity contribution in [1.82, 2.24) is 0 Å². The van der Waals surface area contributed by atoms with E-state index < -0.39 is 11.9 Å². The average Bonchev–Trinajstić information content (AvgIpc) is 2.71. The Morgan fingerprint density at radius 1 is 0.759 bits per heavy atom. The van der Waals surface area contributed by atoms with Crippen LogP contribution in [0, 0.1) is 0 Å². The number of hydrogen-bond donors (Lipinski definition) is 0. The molecular formula is C25H39NaO3. The number of hydrogen-bond acceptors (Lipinski definition) is 3. The van der Waals surface area contributed by atoms with Crippen molar-refractivity contribution < 1.29 is 14.3 Å². The molecule has 0 amide bonds. The van der Waals surface area contributed by atoms with Crippen LogP contribution in [0.25, 0.3) is 0 Å². The molecule has 0 heterocycles. The Balaban J connectivity index is 0.00000784. The molecule has 1 rings (SSSR count). The Labute approximate surface area is 200 Å². The van der Waals surface area contributed by atoms with Crippen molar-refractivity contribution in [2.75, 3.05) is 0 Å². The second-order valence-electron chi connectivity index (χ2n) is 7.46. The van der Waals surface area contributed by atoms with Crippen LogP contribution in [-0.4, -0.2) is 41.5 Å². The van der Waals surface area contributed by atoms with E-state index in [2.05, 4.69) is 19.1 Å². The Morgan fingerprint density at radius 3 is 1.86 bits per heavy atom. The third-order valence-electron chi connectivity index (χ3n) is 4.86. The number of carbonyl (C=O) groups excluding carboxylic acids is 2. The summed E-state index contributed by atoms with van der Waals surface area (Å²) in [4.78, 5) is 23.5. The Bertz CT molecular complexity index is 554. The summed E-state index contributed by atoms with van der Waals surface area (Å²) in [5.41, 5.74) is 0.417. The fourth-order valence-corrected chi connectivity index (χ4v) is 3.13. The molecule has 0 aliphatic carbocycles. The van der Waals surface area contributed by atoms with Crippen LogP contribution in [0.5, 0.6) is 0 Å². The topological polar surface area (TPSA) is 43.4 Å². The van der Waals surface area contributed by atoms with Crippen LogP contribution in [-0.2, 0) is 9.53 Å². The van der Waals surface area contributed by atoms with E-state index in [0.717, 1.165) is 25.7 Å². The van der Waals surface area contributed by atoms with E-state index >= 15 is 0 Å². The molecule has 0 aliphatic rings. The van der Waals surface area contributed by atoms with E-state index in [0.29, 0.717) is 12.0 Å². The van der Waals surface area contributed by atoms with Gasteiger partial charge in [-0.1, -0.05) is 88.6 Å². The number of esters is 2. The number of carbonyl (C=O) groups is 2. The number of unbranched alkanes of at least 4 members (excludes halogenated alkanes) is 11. The van der Waals surface area contributed by atoms with Crippen molar-refractivity contribution in [3.05, 3.63) is 48.0 Å². The minimum absolute atomic E-state index is 0. The summed E-state index contributed by atoms with van der Waals surface area (Å²) in [5, 5.41) is 0. The molecule has 0 bridgehead atoms. The fourth-order valence-electron chi connectivity index (χ4n) is 3.13. The SMILES string of the molecule is CCCCCCCC/C=C\CCCCCCCC(=O)OC(=O)c1ccccc1.[NaH]. The zero-order chi connectivity index (χ0) is 20.3. The molecule has 0 aromatic heterocycles. The second-order valence-corrected chi connectivity index (χ2v) is 7.46. The van der Waals surface area contributed by atoms with Crippen LogP contribution in [0.15, 0.2) is 42.5 Å². The van der Waals surface area contributed by atoms with Gasteiger partial charge in [-0.15, -0.1) is 0 Å². The first-order valence-corrected chi connectivity index (χ1v) is 11.2. The summed E-state index contributed by atoms with van der Waals surface area (Å²) in [6, 6.07) is 8.63. The molecule has 0 unspecified atom stereocenters. The van der Waals surface area contributed by atoms with E-state index in [1.54, 1.807) is 24.3 Å². The Morgan fingerprint density at radius 2 is 1.28 bits per heavy atom. The summed E-state index contributed by atoms with van der Waals surface area (Å²) in [5.74, 6) is -0.982. The van der Waals surface area contributed by atoms with Crippen LogP contribution in [0.2, 0.25) is 0 Å². The molecule has 0 atom stereocenters. The number of allylic oxidation sites excluding steroid dienone is 2. The summed E-state index contributed by atoms with van der Waals surface area (Å²) in [7, 11) is 0. The molecule has 158 valence electrons. The van der Waals surface area contributed by atoms with Crippen LogP contribution >= 0.6 is 0 Å². The van der Waals surface area contributed by atoms with Crippen LogP contribution in [0.1, 0.15) is 107 Å². The first kappa shape index (κ1) is 28.1. The molecule has 0 saturated heterocycles. The van der Waals surface area contributed by atoms with Gasteiger partial charge in [0.1, 0.15) is 0 Å². The van der Waals surface area contributed by atoms with E-state index in [4.69, 9.17) is 4.74 Å². The van der Waals surface area contributed by atoms with Gasteiger partial charge in [0.05, 0.1) is 5.56 Å². The summed E-state index contributed by atoms with van der Waals surface area (Å²) in [6.45, 7) is 2.26. The van der Waals surface area contributed by atoms with Crippen LogP contribution in [0.3, 0.4) is 0 Å². The van der Waals surface area contributed by atoms with Gasteiger partial charge in [0.2, 0.25) is 0 Å². The first-order chi connectivity index (χ1) is 13.7. The normalized spacial score (nSPS) is 10.7. The molecule has 0 radical (unpaired) electrons. The van der Waals surface area contributed by atoms with Gasteiger partial charge in [-0.3, -0.25) is 4.79 Å². The minimum atomic E-state index is -0.557. The maximum atomic E-state index is 11.8. The Hall–Kier alpha value is -0.900. The van der Waals surface area contributed by atoms with Gasteiger partial charge in [-0.2, -0.15) is 0 Å². The molecule has 1 aromatic rings. The molecule has 0 saturated carbocycles. The zero-order valence-corrected chi connectivity index (χ0v) is 17.7. The fraction of sp³-hybridized carbons (Fsp3) is 0.600. The molecule has 29 heavy (non-hydrogen) atoms. The molecule has 0 fully saturated rings. The van der Waals surface area contributed by atoms with E-state index in [9.17, 15) is 9.59 Å². The Kier molecular flexibility index (Phi) is 19.7. The molecule has 3 nitrogen and oxygen atoms in total. The second kappa shape index (κ2) is 20.4. The van der Waals surface area contributed by atoms with Crippen molar-refractivity contribution in [3.8, 4) is 0 Å². The van der Waals surface area contributed by atoms with Gasteiger partial charge in [0, 0.05) is 6.42 Å². The average molecular weight is 411 g/mol. The van der Waals surface area contributed by atoms with Crippen LogP contribution < -0.4 is 0 Å². The number of ether oxygens (including phenoxy) is 1. The zero-order valence-electron chi connectivity index (χ0n) is 17.7. The molecular weight excluding hydrogens is 371 g/mol. The number of rotatable bonds is 16. The molecule has 0 spiro atoms. The van der Waals surface area contributed by atoms with Gasteiger partial charge in [-0.05, 0) is 44.2 Å².